The number of furan rings is 1. The summed E-state index contributed by atoms with van der Waals surface area (Å²) in [5.74, 6) is -3.42. The Morgan fingerprint density at radius 1 is 1.14 bits per heavy atom. The maximum atomic E-state index is 14.2. The Balaban J connectivity index is 1.55. The molecular weight excluding hydrogens is 468 g/mol. The van der Waals surface area contributed by atoms with Crippen molar-refractivity contribution in [1.29, 1.82) is 0 Å². The minimum Gasteiger partial charge on any atom is -0.472 e. The predicted molar refractivity (Wildman–Crippen MR) is 121 cm³/mol. The highest BCUT2D eigenvalue weighted by molar-refractivity contribution is 6.41. The van der Waals surface area contributed by atoms with Crippen LogP contribution in [0.5, 0.6) is 0 Å². The summed E-state index contributed by atoms with van der Waals surface area (Å²) in [5.41, 5.74) is -4.55. The van der Waals surface area contributed by atoms with Gasteiger partial charge in [0.25, 0.3) is 0 Å². The van der Waals surface area contributed by atoms with Gasteiger partial charge in [-0.1, -0.05) is 13.0 Å². The van der Waals surface area contributed by atoms with Gasteiger partial charge in [-0.25, -0.2) is 9.59 Å². The number of cyclic esters (lactones) is 1. The molecule has 5 fully saturated rings. The Kier molecular flexibility index (Phi) is 4.56. The normalized spacial score (nSPS) is 46.4. The molecule has 4 heterocycles. The predicted octanol–water partition coefficient (Wildman–Crippen LogP) is 2.73. The molecule has 0 N–H and O–H groups in total. The molecular formula is C27H30O9. The smallest absolute Gasteiger partial charge is 0.339 e. The van der Waals surface area contributed by atoms with E-state index in [-0.39, 0.29) is 6.61 Å². The number of carbonyl (C=O) groups is 4. The molecule has 2 aliphatic carbocycles. The monoisotopic (exact) mass is 498 g/mol. The molecule has 36 heavy (non-hydrogen) atoms. The quantitative estimate of drug-likeness (QED) is 0.268. The molecule has 2 saturated carbocycles. The van der Waals surface area contributed by atoms with E-state index in [1.54, 1.807) is 32.9 Å². The zero-order chi connectivity index (χ0) is 25.9. The molecule has 192 valence electrons. The summed E-state index contributed by atoms with van der Waals surface area (Å²) in [6, 6.07) is 1.74. The first-order chi connectivity index (χ1) is 16.9. The molecule has 0 radical (unpaired) electrons. The summed E-state index contributed by atoms with van der Waals surface area (Å²) in [4.78, 5) is 53.5. The van der Waals surface area contributed by atoms with Gasteiger partial charge < -0.3 is 23.4 Å². The van der Waals surface area contributed by atoms with Crippen LogP contribution >= 0.6 is 0 Å². The van der Waals surface area contributed by atoms with Crippen LogP contribution in [0.15, 0.2) is 35.2 Å². The first kappa shape index (κ1) is 23.6. The van der Waals surface area contributed by atoms with Crippen molar-refractivity contribution in [3.8, 4) is 0 Å². The lowest BCUT2D eigenvalue weighted by Gasteiger charge is -2.63. The number of carbonyl (C=O) groups excluding carboxylic acids is 4. The lowest BCUT2D eigenvalue weighted by atomic mass is 9.37. The van der Waals surface area contributed by atoms with E-state index in [0.717, 1.165) is 0 Å². The average molecular weight is 499 g/mol. The van der Waals surface area contributed by atoms with E-state index in [4.69, 9.17) is 23.4 Å². The van der Waals surface area contributed by atoms with Crippen molar-refractivity contribution in [2.45, 2.75) is 63.9 Å². The zero-order valence-electron chi connectivity index (χ0n) is 21.0. The molecule has 0 aromatic carbocycles. The molecule has 9 heteroatoms. The molecule has 9 nitrogen and oxygen atoms in total. The molecule has 0 amide bonds. The molecule has 3 aliphatic heterocycles. The number of hydrogen-bond donors (Lipinski definition) is 0. The standard InChI is InChI=1S/C27H30O9/c1-23(2)18-17(29)19(30)25(4)15(26(18,13-34-23)10-7-16(28)32-5)6-9-24(3)20(14-8-11-33-12-14)35-22(31)21-27(24,25)36-21/h7-8,10-12,15,18,20-21H,6,9,13H2,1-5H3/b10-7+/t15?,18?,20-,21?,24-,25-,26-,27+/m0/s1. The van der Waals surface area contributed by atoms with Crippen molar-refractivity contribution in [1.82, 2.24) is 0 Å². The summed E-state index contributed by atoms with van der Waals surface area (Å²) >= 11 is 0. The van der Waals surface area contributed by atoms with Crippen molar-refractivity contribution in [3.63, 3.8) is 0 Å². The van der Waals surface area contributed by atoms with Crippen LogP contribution in [-0.4, -0.2) is 54.5 Å². The van der Waals surface area contributed by atoms with Crippen LogP contribution in [-0.2, 0) is 38.1 Å². The SMILES string of the molecule is COC(=O)/C=C/[C@@]12COC(C)(C)C1C(=O)C(=O)[C@]1(C)C2CC[C@@]2(C)[C@H](c3ccoc3)OC(=O)C3O[C@]321. The van der Waals surface area contributed by atoms with E-state index in [9.17, 15) is 19.2 Å². The third-order valence-electron chi connectivity index (χ3n) is 10.0. The number of hydrogen-bond acceptors (Lipinski definition) is 9. The number of ether oxygens (including phenoxy) is 4. The maximum Gasteiger partial charge on any atom is 0.339 e. The molecule has 0 bridgehead atoms. The summed E-state index contributed by atoms with van der Waals surface area (Å²) in [6.45, 7) is 7.48. The van der Waals surface area contributed by atoms with E-state index in [2.05, 4.69) is 0 Å². The number of ketones is 2. The molecule has 3 unspecified atom stereocenters. The average Bonchev–Trinajstić information content (AvgIpc) is 3.29. The molecule has 1 aromatic rings. The summed E-state index contributed by atoms with van der Waals surface area (Å²) in [5, 5.41) is 0. The van der Waals surface area contributed by atoms with Crippen molar-refractivity contribution >= 4 is 23.5 Å². The van der Waals surface area contributed by atoms with Crippen LogP contribution in [0, 0.1) is 28.1 Å². The van der Waals surface area contributed by atoms with Gasteiger partial charge in [-0.2, -0.15) is 0 Å². The fraction of sp³-hybridized carbons (Fsp3) is 0.630. The number of fused-ring (bicyclic) bond motifs is 3. The van der Waals surface area contributed by atoms with Crippen molar-refractivity contribution < 1.29 is 42.5 Å². The third-order valence-corrected chi connectivity index (χ3v) is 10.0. The molecule has 6 rings (SSSR count). The summed E-state index contributed by atoms with van der Waals surface area (Å²) in [6.07, 6.45) is 5.52. The fourth-order valence-electron chi connectivity index (χ4n) is 8.52. The van der Waals surface area contributed by atoms with E-state index in [1.807, 2.05) is 6.92 Å². The second kappa shape index (κ2) is 6.95. The minimum atomic E-state index is -1.34. The van der Waals surface area contributed by atoms with Crippen LogP contribution in [0.2, 0.25) is 0 Å². The van der Waals surface area contributed by atoms with Gasteiger partial charge in [0.15, 0.2) is 6.10 Å². The molecule has 3 saturated heterocycles. The summed E-state index contributed by atoms with van der Waals surface area (Å²) in [7, 11) is 1.29. The Bertz CT molecular complexity index is 1210. The fourth-order valence-corrected chi connectivity index (χ4v) is 8.52. The second-order valence-corrected chi connectivity index (χ2v) is 11.8. The third kappa shape index (κ3) is 2.43. The van der Waals surface area contributed by atoms with Crippen LogP contribution in [0.4, 0.5) is 0 Å². The Labute approximate surface area is 208 Å². The Morgan fingerprint density at radius 3 is 2.56 bits per heavy atom. The van der Waals surface area contributed by atoms with Crippen LogP contribution < -0.4 is 0 Å². The van der Waals surface area contributed by atoms with E-state index in [1.165, 1.54) is 25.7 Å². The van der Waals surface area contributed by atoms with Crippen LogP contribution in [0.3, 0.4) is 0 Å². The number of methoxy groups -OCH3 is 1. The molecule has 1 aromatic heterocycles. The molecule has 5 aliphatic rings. The van der Waals surface area contributed by atoms with Gasteiger partial charge in [-0.3, -0.25) is 9.59 Å². The number of epoxide rings is 1. The topological polar surface area (TPSA) is 122 Å². The van der Waals surface area contributed by atoms with Crippen molar-refractivity contribution in [2.24, 2.45) is 28.1 Å². The largest absolute Gasteiger partial charge is 0.472 e. The van der Waals surface area contributed by atoms with E-state index in [0.29, 0.717) is 18.4 Å². The van der Waals surface area contributed by atoms with Crippen molar-refractivity contribution in [3.05, 3.63) is 36.3 Å². The van der Waals surface area contributed by atoms with Gasteiger partial charge in [-0.15, -0.1) is 0 Å². The number of Topliss-reactive ketones (excluding diaryl/α,β-unsaturated/α-hetero) is 2. The highest BCUT2D eigenvalue weighted by Crippen LogP contribution is 2.78. The number of esters is 2. The number of rotatable bonds is 3. The lowest BCUT2D eigenvalue weighted by Crippen LogP contribution is -2.73. The van der Waals surface area contributed by atoms with Gasteiger partial charge in [0.2, 0.25) is 11.6 Å². The first-order valence-corrected chi connectivity index (χ1v) is 12.3. The minimum absolute atomic E-state index is 0.157. The lowest BCUT2D eigenvalue weighted by molar-refractivity contribution is -0.205. The highest BCUT2D eigenvalue weighted by Gasteiger charge is 2.89. The van der Waals surface area contributed by atoms with Crippen LogP contribution in [0.1, 0.15) is 52.2 Å². The molecule has 1 spiro atoms. The first-order valence-electron chi connectivity index (χ1n) is 12.3. The van der Waals surface area contributed by atoms with Gasteiger partial charge in [0.05, 0.1) is 43.2 Å². The zero-order valence-corrected chi connectivity index (χ0v) is 21.0. The van der Waals surface area contributed by atoms with Gasteiger partial charge in [0, 0.05) is 22.5 Å². The second-order valence-electron chi connectivity index (χ2n) is 11.8. The Morgan fingerprint density at radius 2 is 1.89 bits per heavy atom. The molecule has 8 atom stereocenters. The Hall–Kier alpha value is -2.78. The van der Waals surface area contributed by atoms with Crippen LogP contribution in [0.25, 0.3) is 0 Å². The summed E-state index contributed by atoms with van der Waals surface area (Å²) < 4.78 is 28.4. The van der Waals surface area contributed by atoms with Gasteiger partial charge >= 0.3 is 11.9 Å². The van der Waals surface area contributed by atoms with Gasteiger partial charge in [0.1, 0.15) is 11.7 Å². The highest BCUT2D eigenvalue weighted by atomic mass is 16.7. The maximum absolute atomic E-state index is 14.2. The van der Waals surface area contributed by atoms with E-state index < -0.39 is 75.0 Å². The van der Waals surface area contributed by atoms with E-state index >= 15 is 0 Å². The van der Waals surface area contributed by atoms with Crippen molar-refractivity contribution in [2.75, 3.05) is 13.7 Å². The van der Waals surface area contributed by atoms with Gasteiger partial charge in [-0.05, 0) is 45.6 Å².